The average Bonchev–Trinajstić information content (AvgIpc) is 2.93. The maximum absolute atomic E-state index is 6.31. The van der Waals surface area contributed by atoms with Gasteiger partial charge >= 0.3 is 0 Å². The molecule has 0 aliphatic carbocycles. The number of rotatable bonds is 3. The third-order valence-electron chi connectivity index (χ3n) is 3.17. The molecule has 1 heterocycles. The molecule has 0 fully saturated rings. The fourth-order valence-electron chi connectivity index (χ4n) is 2.06. The van der Waals surface area contributed by atoms with E-state index in [0.29, 0.717) is 15.6 Å². The quantitative estimate of drug-likeness (QED) is 0.515. The van der Waals surface area contributed by atoms with Gasteiger partial charge in [-0.05, 0) is 53.3 Å². The highest BCUT2D eigenvalue weighted by Gasteiger charge is 2.16. The lowest BCUT2D eigenvalue weighted by Gasteiger charge is -2.17. The van der Waals surface area contributed by atoms with Crippen molar-refractivity contribution in [2.24, 2.45) is 0 Å². The van der Waals surface area contributed by atoms with Crippen molar-refractivity contribution in [3.8, 4) is 0 Å². The summed E-state index contributed by atoms with van der Waals surface area (Å²) in [5.41, 5.74) is 3.35. The molecule has 3 nitrogen and oxygen atoms in total. The van der Waals surface area contributed by atoms with E-state index in [1.807, 2.05) is 0 Å². The first-order chi connectivity index (χ1) is 10.1. The number of nitrogens with zero attached hydrogens (tertiary/aromatic N) is 2. The fraction of sp³-hybridized carbons (Fsp3) is 0.143. The fourth-order valence-corrected chi connectivity index (χ4v) is 3.59. The molecule has 0 saturated carbocycles. The Labute approximate surface area is 150 Å². The molecular formula is C14H10Cl2IN3S. The Hall–Kier alpha value is -0.630. The van der Waals surface area contributed by atoms with Crippen molar-refractivity contribution in [3.63, 3.8) is 0 Å². The SMILES string of the molecule is CC(Nc1c(Cl)cc(Cl)c2nsnc12)c1ccc(I)cc1. The number of anilines is 1. The summed E-state index contributed by atoms with van der Waals surface area (Å²) >= 11 is 15.9. The van der Waals surface area contributed by atoms with Gasteiger partial charge in [-0.25, -0.2) is 0 Å². The van der Waals surface area contributed by atoms with E-state index in [2.05, 4.69) is 67.8 Å². The van der Waals surface area contributed by atoms with Crippen molar-refractivity contribution in [2.75, 3.05) is 5.32 Å². The Balaban J connectivity index is 1.98. The number of hydrogen-bond acceptors (Lipinski definition) is 4. The van der Waals surface area contributed by atoms with Gasteiger partial charge in [-0.2, -0.15) is 8.75 Å². The largest absolute Gasteiger partial charge is 0.375 e. The predicted molar refractivity (Wildman–Crippen MR) is 98.6 cm³/mol. The zero-order valence-corrected chi connectivity index (χ0v) is 15.4. The van der Waals surface area contributed by atoms with Crippen molar-refractivity contribution >= 4 is 74.2 Å². The number of aromatic nitrogens is 2. The van der Waals surface area contributed by atoms with E-state index in [4.69, 9.17) is 23.2 Å². The van der Waals surface area contributed by atoms with Crippen LogP contribution in [0.5, 0.6) is 0 Å². The van der Waals surface area contributed by atoms with Gasteiger partial charge in [-0.1, -0.05) is 35.3 Å². The van der Waals surface area contributed by atoms with Gasteiger partial charge in [0.1, 0.15) is 11.0 Å². The molecule has 108 valence electrons. The van der Waals surface area contributed by atoms with E-state index in [0.717, 1.165) is 22.9 Å². The minimum Gasteiger partial charge on any atom is -0.375 e. The van der Waals surface area contributed by atoms with Crippen LogP contribution in [0.25, 0.3) is 11.0 Å². The summed E-state index contributed by atoms with van der Waals surface area (Å²) in [4.78, 5) is 0. The zero-order chi connectivity index (χ0) is 15.0. The molecule has 3 aromatic rings. The number of nitrogens with one attached hydrogen (secondary N) is 1. The molecule has 1 unspecified atom stereocenters. The van der Waals surface area contributed by atoms with Crippen LogP contribution in [0.15, 0.2) is 30.3 Å². The van der Waals surface area contributed by atoms with Crippen molar-refractivity contribution in [1.29, 1.82) is 0 Å². The van der Waals surface area contributed by atoms with Crippen molar-refractivity contribution in [3.05, 3.63) is 49.5 Å². The molecule has 0 spiro atoms. The van der Waals surface area contributed by atoms with E-state index >= 15 is 0 Å². The second-order valence-electron chi connectivity index (χ2n) is 4.59. The Bertz CT molecular complexity index is 789. The first-order valence-corrected chi connectivity index (χ1v) is 8.75. The monoisotopic (exact) mass is 449 g/mol. The van der Waals surface area contributed by atoms with Crippen LogP contribution in [0.4, 0.5) is 5.69 Å². The number of benzene rings is 2. The molecule has 0 aliphatic heterocycles. The molecule has 21 heavy (non-hydrogen) atoms. The van der Waals surface area contributed by atoms with E-state index in [-0.39, 0.29) is 6.04 Å². The van der Waals surface area contributed by atoms with E-state index in [1.54, 1.807) is 6.07 Å². The van der Waals surface area contributed by atoms with Crippen LogP contribution in [0.1, 0.15) is 18.5 Å². The molecule has 3 rings (SSSR count). The molecule has 7 heteroatoms. The molecule has 0 amide bonds. The molecule has 0 bridgehead atoms. The highest BCUT2D eigenvalue weighted by molar-refractivity contribution is 14.1. The van der Waals surface area contributed by atoms with Gasteiger partial charge in [-0.3, -0.25) is 0 Å². The molecule has 1 aromatic heterocycles. The van der Waals surface area contributed by atoms with Crippen LogP contribution >= 0.6 is 57.5 Å². The van der Waals surface area contributed by atoms with Gasteiger partial charge in [-0.15, -0.1) is 0 Å². The number of fused-ring (bicyclic) bond motifs is 1. The normalized spacial score (nSPS) is 12.6. The van der Waals surface area contributed by atoms with Gasteiger partial charge in [0, 0.05) is 9.61 Å². The van der Waals surface area contributed by atoms with Gasteiger partial charge in [0.2, 0.25) is 0 Å². The van der Waals surface area contributed by atoms with Crippen LogP contribution < -0.4 is 5.32 Å². The maximum Gasteiger partial charge on any atom is 0.130 e. The number of hydrogen-bond donors (Lipinski definition) is 1. The van der Waals surface area contributed by atoms with Crippen LogP contribution in [0.2, 0.25) is 10.0 Å². The molecule has 0 aliphatic rings. The summed E-state index contributed by atoms with van der Waals surface area (Å²) in [6.45, 7) is 2.08. The topological polar surface area (TPSA) is 37.8 Å². The zero-order valence-electron chi connectivity index (χ0n) is 10.9. The summed E-state index contributed by atoms with van der Waals surface area (Å²) in [7, 11) is 0. The molecule has 0 radical (unpaired) electrons. The summed E-state index contributed by atoms with van der Waals surface area (Å²) in [6, 6.07) is 10.2. The molecule has 2 aromatic carbocycles. The van der Waals surface area contributed by atoms with Crippen molar-refractivity contribution in [2.45, 2.75) is 13.0 Å². The van der Waals surface area contributed by atoms with Crippen LogP contribution in [0.3, 0.4) is 0 Å². The second-order valence-corrected chi connectivity index (χ2v) is 7.18. The predicted octanol–water partition coefficient (Wildman–Crippen LogP) is 5.78. The van der Waals surface area contributed by atoms with Crippen molar-refractivity contribution < 1.29 is 0 Å². The Morgan fingerprint density at radius 2 is 1.76 bits per heavy atom. The smallest absolute Gasteiger partial charge is 0.130 e. The number of halogens is 3. The lowest BCUT2D eigenvalue weighted by molar-refractivity contribution is 0.886. The lowest BCUT2D eigenvalue weighted by Crippen LogP contribution is -2.07. The summed E-state index contributed by atoms with van der Waals surface area (Å²) in [6.07, 6.45) is 0. The Morgan fingerprint density at radius 1 is 1.10 bits per heavy atom. The molecule has 0 saturated heterocycles. The van der Waals surface area contributed by atoms with Gasteiger partial charge in [0.15, 0.2) is 0 Å². The third kappa shape index (κ3) is 3.11. The second kappa shape index (κ2) is 6.24. The van der Waals surface area contributed by atoms with E-state index < -0.39 is 0 Å². The highest BCUT2D eigenvalue weighted by Crippen LogP contribution is 2.37. The van der Waals surface area contributed by atoms with Crippen LogP contribution in [0, 0.1) is 3.57 Å². The van der Waals surface area contributed by atoms with E-state index in [9.17, 15) is 0 Å². The molecular weight excluding hydrogens is 440 g/mol. The lowest BCUT2D eigenvalue weighted by atomic mass is 10.1. The highest BCUT2D eigenvalue weighted by atomic mass is 127. The van der Waals surface area contributed by atoms with Gasteiger partial charge < -0.3 is 5.32 Å². The van der Waals surface area contributed by atoms with Gasteiger partial charge in [0.25, 0.3) is 0 Å². The van der Waals surface area contributed by atoms with Crippen LogP contribution in [-0.2, 0) is 0 Å². The first kappa shape index (κ1) is 15.3. The molecule has 1 N–H and O–H groups in total. The maximum atomic E-state index is 6.31. The standard InChI is InChI=1S/C14H10Cl2IN3S/c1-7(8-2-4-9(17)5-3-8)18-12-10(15)6-11(16)13-14(12)20-21-19-13/h2-7,18H,1H3. The minimum atomic E-state index is 0.102. The Morgan fingerprint density at radius 3 is 2.48 bits per heavy atom. The van der Waals surface area contributed by atoms with Crippen molar-refractivity contribution in [1.82, 2.24) is 8.75 Å². The Kier molecular flexibility index (Phi) is 4.54. The summed E-state index contributed by atoms with van der Waals surface area (Å²) in [5, 5.41) is 4.49. The third-order valence-corrected chi connectivity index (χ3v) is 5.01. The molecule has 1 atom stereocenters. The van der Waals surface area contributed by atoms with E-state index in [1.165, 1.54) is 9.13 Å². The first-order valence-electron chi connectivity index (χ1n) is 6.18. The average molecular weight is 450 g/mol. The van der Waals surface area contributed by atoms with Crippen LogP contribution in [-0.4, -0.2) is 8.75 Å². The summed E-state index contributed by atoms with van der Waals surface area (Å²) < 4.78 is 9.72. The minimum absolute atomic E-state index is 0.102. The van der Waals surface area contributed by atoms with Gasteiger partial charge in [0.05, 0.1) is 27.5 Å². The summed E-state index contributed by atoms with van der Waals surface area (Å²) in [5.74, 6) is 0.